The molecule has 0 aliphatic heterocycles. The molecule has 0 saturated heterocycles. The molecule has 1 N–H and O–H groups in total. The van der Waals surface area contributed by atoms with Crippen molar-refractivity contribution in [3.63, 3.8) is 0 Å². The highest BCUT2D eigenvalue weighted by Gasteiger charge is 2.13. The largest absolute Gasteiger partial charge is 0.361 e. The van der Waals surface area contributed by atoms with Crippen LogP contribution in [0.2, 0.25) is 0 Å². The number of halogens is 1. The molecule has 1 aromatic heterocycles. The molecule has 5 heteroatoms. The fourth-order valence-corrected chi connectivity index (χ4v) is 1.65. The number of rotatable bonds is 2. The number of hydrogen-bond donors (Lipinski definition) is 1. The molecule has 0 aliphatic rings. The maximum atomic E-state index is 11.8. The monoisotopic (exact) mass is 280 g/mol. The summed E-state index contributed by atoms with van der Waals surface area (Å²) in [5, 5.41) is 6.33. The van der Waals surface area contributed by atoms with Gasteiger partial charge in [0.05, 0.1) is 11.9 Å². The molecule has 2 rings (SSSR count). The molecule has 0 spiro atoms. The van der Waals surface area contributed by atoms with Gasteiger partial charge in [0, 0.05) is 4.47 Å². The summed E-state index contributed by atoms with van der Waals surface area (Å²) >= 11 is 3.35. The molecule has 2 aromatic rings. The zero-order valence-corrected chi connectivity index (χ0v) is 10.1. The Morgan fingerprint density at radius 1 is 1.44 bits per heavy atom. The fraction of sp³-hybridized carbons (Fsp3) is 0.0909. The number of aromatic nitrogens is 1. The number of amides is 1. The molecule has 16 heavy (non-hydrogen) atoms. The predicted molar refractivity (Wildman–Crippen MR) is 63.3 cm³/mol. The predicted octanol–water partition coefficient (Wildman–Crippen LogP) is 3.00. The number of anilines is 1. The maximum absolute atomic E-state index is 11.8. The quantitative estimate of drug-likeness (QED) is 0.920. The Hall–Kier alpha value is -1.62. The lowest BCUT2D eigenvalue weighted by Crippen LogP contribution is -2.12. The Labute approximate surface area is 101 Å². The molecule has 0 radical (unpaired) electrons. The second-order valence-electron chi connectivity index (χ2n) is 3.23. The van der Waals surface area contributed by atoms with Crippen molar-refractivity contribution in [2.45, 2.75) is 6.92 Å². The van der Waals surface area contributed by atoms with E-state index >= 15 is 0 Å². The van der Waals surface area contributed by atoms with Gasteiger partial charge in [-0.15, -0.1) is 0 Å². The molecule has 1 heterocycles. The van der Waals surface area contributed by atoms with Gasteiger partial charge in [0.2, 0.25) is 0 Å². The van der Waals surface area contributed by atoms with Crippen LogP contribution >= 0.6 is 15.9 Å². The van der Waals surface area contributed by atoms with Gasteiger partial charge in [-0.05, 0) is 35.0 Å². The van der Waals surface area contributed by atoms with E-state index in [1.54, 1.807) is 6.92 Å². The first kappa shape index (κ1) is 10.9. The number of hydrogen-bond acceptors (Lipinski definition) is 3. The van der Waals surface area contributed by atoms with E-state index in [0.717, 1.165) is 4.47 Å². The topological polar surface area (TPSA) is 55.1 Å². The van der Waals surface area contributed by atoms with E-state index in [4.69, 9.17) is 4.52 Å². The first-order valence-corrected chi connectivity index (χ1v) is 5.45. The molecular formula is C11H9BrN2O2. The standard InChI is InChI=1S/C11H9BrN2O2/c1-7-8(6-13-16-7)11(15)14-10-5-3-2-4-9(10)12/h2-6H,1H3,(H,14,15). The summed E-state index contributed by atoms with van der Waals surface area (Å²) in [6.07, 6.45) is 1.40. The van der Waals surface area contributed by atoms with E-state index in [-0.39, 0.29) is 5.91 Å². The van der Waals surface area contributed by atoms with E-state index in [1.165, 1.54) is 6.20 Å². The van der Waals surface area contributed by atoms with Crippen LogP contribution in [0.3, 0.4) is 0 Å². The number of carbonyl (C=O) groups is 1. The molecule has 0 saturated carbocycles. The van der Waals surface area contributed by atoms with Crippen LogP contribution in [0.4, 0.5) is 5.69 Å². The van der Waals surface area contributed by atoms with Gasteiger partial charge in [0.25, 0.3) is 5.91 Å². The SMILES string of the molecule is Cc1oncc1C(=O)Nc1ccccc1Br. The van der Waals surface area contributed by atoms with Crippen molar-refractivity contribution in [2.24, 2.45) is 0 Å². The van der Waals surface area contributed by atoms with Crippen molar-refractivity contribution < 1.29 is 9.32 Å². The van der Waals surface area contributed by atoms with E-state index in [9.17, 15) is 4.79 Å². The van der Waals surface area contributed by atoms with Crippen LogP contribution in [-0.4, -0.2) is 11.1 Å². The summed E-state index contributed by atoms with van der Waals surface area (Å²) < 4.78 is 5.66. The molecule has 0 atom stereocenters. The first-order chi connectivity index (χ1) is 7.68. The lowest BCUT2D eigenvalue weighted by atomic mass is 10.2. The third kappa shape index (κ3) is 2.14. The molecule has 1 aromatic carbocycles. The second-order valence-corrected chi connectivity index (χ2v) is 4.08. The summed E-state index contributed by atoms with van der Waals surface area (Å²) in [5.74, 6) is 0.273. The van der Waals surface area contributed by atoms with Gasteiger partial charge in [-0.25, -0.2) is 0 Å². The summed E-state index contributed by atoms with van der Waals surface area (Å²) in [7, 11) is 0. The van der Waals surface area contributed by atoms with Gasteiger partial charge < -0.3 is 9.84 Å². The minimum atomic E-state index is -0.231. The van der Waals surface area contributed by atoms with Crippen LogP contribution in [0, 0.1) is 6.92 Å². The van der Waals surface area contributed by atoms with E-state index in [2.05, 4.69) is 26.4 Å². The molecule has 0 unspecified atom stereocenters. The second kappa shape index (κ2) is 4.49. The molecule has 0 aliphatic carbocycles. The Morgan fingerprint density at radius 3 is 2.81 bits per heavy atom. The molecule has 0 bridgehead atoms. The summed E-state index contributed by atoms with van der Waals surface area (Å²) in [6, 6.07) is 7.40. The fourth-order valence-electron chi connectivity index (χ4n) is 1.27. The van der Waals surface area contributed by atoms with Crippen LogP contribution in [0.5, 0.6) is 0 Å². The van der Waals surface area contributed by atoms with Crippen molar-refractivity contribution in [3.8, 4) is 0 Å². The summed E-state index contributed by atoms with van der Waals surface area (Å²) in [5.41, 5.74) is 1.16. The van der Waals surface area contributed by atoms with Gasteiger partial charge in [-0.1, -0.05) is 17.3 Å². The normalized spacial score (nSPS) is 10.1. The molecule has 4 nitrogen and oxygen atoms in total. The zero-order valence-electron chi connectivity index (χ0n) is 8.53. The van der Waals surface area contributed by atoms with Gasteiger partial charge in [0.15, 0.2) is 0 Å². The van der Waals surface area contributed by atoms with Crippen molar-refractivity contribution in [1.82, 2.24) is 5.16 Å². The number of benzene rings is 1. The molecule has 82 valence electrons. The third-order valence-corrected chi connectivity index (χ3v) is 2.81. The number of nitrogens with one attached hydrogen (secondary N) is 1. The average molecular weight is 281 g/mol. The number of nitrogens with zero attached hydrogens (tertiary/aromatic N) is 1. The Morgan fingerprint density at radius 2 is 2.19 bits per heavy atom. The van der Waals surface area contributed by atoms with Crippen LogP contribution < -0.4 is 5.32 Å². The maximum Gasteiger partial charge on any atom is 0.260 e. The Bertz CT molecular complexity index is 522. The minimum Gasteiger partial charge on any atom is -0.361 e. The third-order valence-electron chi connectivity index (χ3n) is 2.12. The van der Waals surface area contributed by atoms with Crippen molar-refractivity contribution in [3.05, 3.63) is 46.3 Å². The lowest BCUT2D eigenvalue weighted by molar-refractivity contribution is 0.102. The van der Waals surface area contributed by atoms with E-state index < -0.39 is 0 Å². The van der Waals surface area contributed by atoms with E-state index in [1.807, 2.05) is 24.3 Å². The minimum absolute atomic E-state index is 0.231. The average Bonchev–Trinajstić information content (AvgIpc) is 2.68. The van der Waals surface area contributed by atoms with Gasteiger partial charge in [-0.3, -0.25) is 4.79 Å². The first-order valence-electron chi connectivity index (χ1n) is 4.65. The van der Waals surface area contributed by atoms with Gasteiger partial charge in [0.1, 0.15) is 11.3 Å². The highest BCUT2D eigenvalue weighted by Crippen LogP contribution is 2.22. The molecule has 0 fully saturated rings. The van der Waals surface area contributed by atoms with Crippen LogP contribution in [-0.2, 0) is 0 Å². The Balaban J connectivity index is 2.21. The smallest absolute Gasteiger partial charge is 0.260 e. The summed E-state index contributed by atoms with van der Waals surface area (Å²) in [6.45, 7) is 1.70. The van der Waals surface area contributed by atoms with Crippen LogP contribution in [0.25, 0.3) is 0 Å². The highest BCUT2D eigenvalue weighted by atomic mass is 79.9. The summed E-state index contributed by atoms with van der Waals surface area (Å²) in [4.78, 5) is 11.8. The lowest BCUT2D eigenvalue weighted by Gasteiger charge is -2.05. The number of aryl methyl sites for hydroxylation is 1. The highest BCUT2D eigenvalue weighted by molar-refractivity contribution is 9.10. The van der Waals surface area contributed by atoms with Gasteiger partial charge in [-0.2, -0.15) is 0 Å². The number of carbonyl (C=O) groups excluding carboxylic acids is 1. The molecular weight excluding hydrogens is 272 g/mol. The van der Waals surface area contributed by atoms with Crippen LogP contribution in [0.15, 0.2) is 39.5 Å². The van der Waals surface area contributed by atoms with Gasteiger partial charge >= 0.3 is 0 Å². The van der Waals surface area contributed by atoms with Crippen LogP contribution in [0.1, 0.15) is 16.1 Å². The van der Waals surface area contributed by atoms with Crippen molar-refractivity contribution in [2.75, 3.05) is 5.32 Å². The van der Waals surface area contributed by atoms with Crippen molar-refractivity contribution >= 4 is 27.5 Å². The van der Waals surface area contributed by atoms with Crippen molar-refractivity contribution in [1.29, 1.82) is 0 Å². The van der Waals surface area contributed by atoms with E-state index in [0.29, 0.717) is 17.0 Å². The Kier molecular flexibility index (Phi) is 3.05. The molecule has 1 amide bonds. The zero-order chi connectivity index (χ0) is 11.5. The number of para-hydroxylation sites is 1.